The van der Waals surface area contributed by atoms with Crippen molar-refractivity contribution in [1.82, 2.24) is 0 Å². The number of aromatic nitrogens is 1. The monoisotopic (exact) mass is 478 g/mol. The normalized spacial score (nSPS) is 10.9. The van der Waals surface area contributed by atoms with Gasteiger partial charge in [0.2, 0.25) is 11.4 Å². The Kier molecular flexibility index (Phi) is 8.04. The zero-order chi connectivity index (χ0) is 24.9. The first-order valence-corrected chi connectivity index (χ1v) is 11.9. The van der Waals surface area contributed by atoms with E-state index >= 15 is 0 Å². The van der Waals surface area contributed by atoms with E-state index in [1.54, 1.807) is 0 Å². The molecule has 176 valence electrons. The number of benzene rings is 3. The molecule has 0 spiro atoms. The average molecular weight is 479 g/mol. The van der Waals surface area contributed by atoms with Crippen LogP contribution in [0.1, 0.15) is 16.8 Å². The van der Waals surface area contributed by atoms with Gasteiger partial charge in [0.25, 0.3) is 0 Å². The molecule has 0 unspecified atom stereocenters. The maximum Gasteiger partial charge on any atom is 0.243 e. The predicted octanol–water partition coefficient (Wildman–Crippen LogP) is 1.38. The van der Waals surface area contributed by atoms with E-state index in [-0.39, 0.29) is 0 Å². The van der Waals surface area contributed by atoms with Gasteiger partial charge in [0.1, 0.15) is 0 Å². The van der Waals surface area contributed by atoms with Gasteiger partial charge in [-0.1, -0.05) is 70.4 Å². The van der Waals surface area contributed by atoms with Crippen LogP contribution in [0.3, 0.4) is 0 Å². The quantitative estimate of drug-likeness (QED) is 0.412. The summed E-state index contributed by atoms with van der Waals surface area (Å²) < 4.78 is 36.3. The average Bonchev–Trinajstić information content (AvgIpc) is 2.79. The van der Waals surface area contributed by atoms with Crippen LogP contribution in [0.5, 0.6) is 0 Å². The highest BCUT2D eigenvalue weighted by Crippen LogP contribution is 2.26. The van der Waals surface area contributed by atoms with Crippen molar-refractivity contribution in [3.05, 3.63) is 108 Å². The van der Waals surface area contributed by atoms with E-state index in [1.807, 2.05) is 0 Å². The third-order valence-corrected chi connectivity index (χ3v) is 5.38. The Labute approximate surface area is 202 Å². The van der Waals surface area contributed by atoms with E-state index in [9.17, 15) is 0 Å². The summed E-state index contributed by atoms with van der Waals surface area (Å²) in [6, 6.07) is 32.6. The van der Waals surface area contributed by atoms with E-state index in [1.165, 1.54) is 39.2 Å². The minimum absolute atomic E-state index is 1.15. The molecule has 0 saturated carbocycles. The summed E-state index contributed by atoms with van der Waals surface area (Å²) in [5, 5.41) is 2.21. The second-order valence-electron chi connectivity index (χ2n) is 8.05. The number of anilines is 1. The van der Waals surface area contributed by atoms with Gasteiger partial charge in [0.05, 0.1) is 12.7 Å². The lowest BCUT2D eigenvalue weighted by molar-refractivity contribution is -2.00. The lowest BCUT2D eigenvalue weighted by Gasteiger charge is -2.18. The molecular formula is C27H27ClN2O4. The molecule has 0 aliphatic rings. The number of nitrogens with zero attached hydrogens (tertiary/aromatic N) is 2. The Morgan fingerprint density at radius 2 is 1.09 bits per heavy atom. The smallest absolute Gasteiger partial charge is 0.222 e. The Balaban J connectivity index is 0.000000588. The first-order valence-electron chi connectivity index (χ1n) is 10.6. The highest BCUT2D eigenvalue weighted by atomic mass is 35.7. The van der Waals surface area contributed by atoms with Gasteiger partial charge in [-0.15, -0.1) is 10.2 Å². The molecule has 1 heterocycles. The first kappa shape index (κ1) is 25.4. The maximum atomic E-state index is 8.49. The van der Waals surface area contributed by atoms with Crippen LogP contribution in [0.4, 0.5) is 5.69 Å². The first-order chi connectivity index (χ1) is 16.0. The Morgan fingerprint density at radius 3 is 1.59 bits per heavy atom. The fourth-order valence-electron chi connectivity index (χ4n) is 3.73. The van der Waals surface area contributed by atoms with Crippen LogP contribution >= 0.6 is 0 Å². The standard InChI is InChI=1S/C27H27N2.ClHO4/c1-20-10-14-23(15-11-20)25-18-22(3)29(28(4)26-8-6-5-7-9-26)27(19-25)24-16-12-21(2)13-17-24;2-1(3,4)5/h5-19H,1-4H3;(H,2,3,4,5)/q+1;/p-1. The molecule has 3 aromatic carbocycles. The van der Waals surface area contributed by atoms with Crippen molar-refractivity contribution in [2.75, 3.05) is 12.1 Å². The molecular weight excluding hydrogens is 452 g/mol. The van der Waals surface area contributed by atoms with Crippen LogP contribution in [0.2, 0.25) is 0 Å². The number of rotatable bonds is 4. The summed E-state index contributed by atoms with van der Waals surface area (Å²) in [4.78, 5) is 0. The molecule has 34 heavy (non-hydrogen) atoms. The molecule has 6 nitrogen and oxygen atoms in total. The molecule has 0 bridgehead atoms. The van der Waals surface area contributed by atoms with Crippen molar-refractivity contribution < 1.29 is 33.6 Å². The highest BCUT2D eigenvalue weighted by Gasteiger charge is 2.24. The number of hydrogen-bond acceptors (Lipinski definition) is 5. The van der Waals surface area contributed by atoms with Crippen LogP contribution in [0.15, 0.2) is 91.0 Å². The zero-order valence-electron chi connectivity index (χ0n) is 19.6. The third kappa shape index (κ3) is 6.87. The summed E-state index contributed by atoms with van der Waals surface area (Å²) in [5.41, 5.74) is 9.73. The minimum atomic E-state index is -4.94. The predicted molar refractivity (Wildman–Crippen MR) is 122 cm³/mol. The van der Waals surface area contributed by atoms with Crippen molar-refractivity contribution in [2.24, 2.45) is 0 Å². The van der Waals surface area contributed by atoms with E-state index in [2.05, 4.69) is 128 Å². The van der Waals surface area contributed by atoms with Gasteiger partial charge in [-0.25, -0.2) is 18.6 Å². The van der Waals surface area contributed by atoms with Gasteiger partial charge >= 0.3 is 0 Å². The molecule has 4 aromatic rings. The summed E-state index contributed by atoms with van der Waals surface area (Å²) >= 11 is 0. The van der Waals surface area contributed by atoms with Gasteiger partial charge in [-0.05, 0) is 49.2 Å². The molecule has 0 fully saturated rings. The number of hydrogen-bond donors (Lipinski definition) is 0. The summed E-state index contributed by atoms with van der Waals surface area (Å²) in [7, 11) is -2.83. The van der Waals surface area contributed by atoms with E-state index in [0.717, 1.165) is 5.69 Å². The number of aryl methyl sites for hydroxylation is 3. The SMILES string of the molecule is Cc1ccc(-c2cc(C)[n+](N(C)c3ccccc3)c(-c3ccc(C)cc3)c2)cc1.[O-][Cl+3]([O-])([O-])[O-]. The summed E-state index contributed by atoms with van der Waals surface area (Å²) in [6.07, 6.45) is 0. The zero-order valence-corrected chi connectivity index (χ0v) is 20.3. The van der Waals surface area contributed by atoms with Crippen molar-refractivity contribution in [3.8, 4) is 22.4 Å². The second kappa shape index (κ2) is 10.8. The largest absolute Gasteiger partial charge is 0.243 e. The number of halogens is 1. The van der Waals surface area contributed by atoms with Crippen molar-refractivity contribution in [2.45, 2.75) is 20.8 Å². The second-order valence-corrected chi connectivity index (χ2v) is 8.81. The highest BCUT2D eigenvalue weighted by molar-refractivity contribution is 5.69. The van der Waals surface area contributed by atoms with Crippen LogP contribution < -0.4 is 28.3 Å². The summed E-state index contributed by atoms with van der Waals surface area (Å²) in [6.45, 7) is 6.43. The van der Waals surface area contributed by atoms with Crippen LogP contribution in [-0.4, -0.2) is 7.05 Å². The molecule has 0 N–H and O–H groups in total. The topological polar surface area (TPSA) is 99.4 Å². The minimum Gasteiger partial charge on any atom is -0.222 e. The van der Waals surface area contributed by atoms with Crippen molar-refractivity contribution >= 4 is 5.69 Å². The van der Waals surface area contributed by atoms with Crippen LogP contribution in [0.25, 0.3) is 22.4 Å². The fourth-order valence-corrected chi connectivity index (χ4v) is 3.73. The van der Waals surface area contributed by atoms with Gasteiger partial charge in [0.15, 0.2) is 0 Å². The van der Waals surface area contributed by atoms with E-state index < -0.39 is 10.2 Å². The van der Waals surface area contributed by atoms with Gasteiger partial charge < -0.3 is 0 Å². The lowest BCUT2D eigenvalue weighted by Crippen LogP contribution is -2.68. The molecule has 0 radical (unpaired) electrons. The van der Waals surface area contributed by atoms with Gasteiger partial charge in [-0.2, -0.15) is 5.01 Å². The molecule has 7 heteroatoms. The lowest BCUT2D eigenvalue weighted by atomic mass is 10.0. The number of para-hydroxylation sites is 1. The Hall–Kier alpha value is -3.26. The molecule has 0 aliphatic carbocycles. The van der Waals surface area contributed by atoms with Crippen LogP contribution in [-0.2, 0) is 0 Å². The molecule has 4 rings (SSSR count). The molecule has 0 saturated heterocycles. The Morgan fingerprint density at radius 1 is 0.618 bits per heavy atom. The summed E-state index contributed by atoms with van der Waals surface area (Å²) in [5.74, 6) is 0. The van der Waals surface area contributed by atoms with Crippen LogP contribution in [0, 0.1) is 31.0 Å². The van der Waals surface area contributed by atoms with Crippen molar-refractivity contribution in [1.29, 1.82) is 0 Å². The third-order valence-electron chi connectivity index (χ3n) is 5.38. The molecule has 1 aromatic heterocycles. The van der Waals surface area contributed by atoms with E-state index in [0.29, 0.717) is 0 Å². The molecule has 0 aliphatic heterocycles. The maximum absolute atomic E-state index is 8.49. The van der Waals surface area contributed by atoms with Gasteiger partial charge in [0, 0.05) is 24.6 Å². The molecule has 0 amide bonds. The molecule has 0 atom stereocenters. The fraction of sp³-hybridized carbons (Fsp3) is 0.148. The van der Waals surface area contributed by atoms with E-state index in [4.69, 9.17) is 18.6 Å². The number of pyridine rings is 1. The Bertz CT molecular complexity index is 1220. The van der Waals surface area contributed by atoms with Gasteiger partial charge in [-0.3, -0.25) is 0 Å². The van der Waals surface area contributed by atoms with Crippen molar-refractivity contribution in [3.63, 3.8) is 0 Å².